The Balaban J connectivity index is 2.03. The lowest BCUT2D eigenvalue weighted by Gasteiger charge is -2.39. The first kappa shape index (κ1) is 10.8. The van der Waals surface area contributed by atoms with Gasteiger partial charge in [-0.25, -0.2) is 0 Å². The average molecular weight is 227 g/mol. The lowest BCUT2D eigenvalue weighted by molar-refractivity contribution is -0.125. The van der Waals surface area contributed by atoms with E-state index in [-0.39, 0.29) is 5.91 Å². The highest BCUT2D eigenvalue weighted by Gasteiger charge is 2.46. The van der Waals surface area contributed by atoms with Gasteiger partial charge in [-0.2, -0.15) is 0 Å². The minimum absolute atomic E-state index is 0.0518. The maximum absolute atomic E-state index is 11.8. The molecule has 0 unspecified atom stereocenters. The monoisotopic (exact) mass is 227 g/mol. The molecule has 0 bridgehead atoms. The molecule has 2 fully saturated rings. The first-order valence-corrected chi connectivity index (χ1v) is 5.82. The van der Waals surface area contributed by atoms with Crippen LogP contribution >= 0.6 is 12.2 Å². The number of rotatable bonds is 1. The van der Waals surface area contributed by atoms with Crippen LogP contribution in [0.2, 0.25) is 0 Å². The highest BCUT2D eigenvalue weighted by Crippen LogP contribution is 2.26. The van der Waals surface area contributed by atoms with Crippen LogP contribution in [0.3, 0.4) is 0 Å². The highest BCUT2D eigenvalue weighted by molar-refractivity contribution is 7.80. The molecule has 2 heterocycles. The van der Waals surface area contributed by atoms with Gasteiger partial charge in [0.2, 0.25) is 0 Å². The number of thiocarbonyl (C=S) groups is 1. The molecule has 2 aliphatic heterocycles. The fraction of sp³-hybridized carbons (Fsp3) is 0.800. The molecule has 0 aliphatic carbocycles. The molecule has 0 aromatic carbocycles. The fourth-order valence-corrected chi connectivity index (χ4v) is 2.59. The number of carbonyl (C=O) groups is 1. The fourth-order valence-electron chi connectivity index (χ4n) is 2.30. The Hall–Kier alpha value is -0.680. The number of hydrogen-bond acceptors (Lipinski definition) is 3. The van der Waals surface area contributed by atoms with Crippen LogP contribution in [0.25, 0.3) is 0 Å². The lowest BCUT2D eigenvalue weighted by Crippen LogP contribution is -2.55. The van der Waals surface area contributed by atoms with Crippen molar-refractivity contribution in [3.63, 3.8) is 0 Å². The van der Waals surface area contributed by atoms with Crippen LogP contribution in [0.5, 0.6) is 0 Å². The van der Waals surface area contributed by atoms with Gasteiger partial charge in [-0.05, 0) is 38.9 Å². The van der Waals surface area contributed by atoms with Gasteiger partial charge in [-0.15, -0.1) is 0 Å². The third-order valence-electron chi connectivity index (χ3n) is 3.40. The average Bonchev–Trinajstić information content (AvgIpc) is 2.42. The zero-order valence-corrected chi connectivity index (χ0v) is 9.99. The second-order valence-corrected chi connectivity index (χ2v) is 5.03. The van der Waals surface area contributed by atoms with Crippen LogP contribution in [0.4, 0.5) is 0 Å². The Morgan fingerprint density at radius 2 is 2.00 bits per heavy atom. The van der Waals surface area contributed by atoms with E-state index >= 15 is 0 Å². The summed E-state index contributed by atoms with van der Waals surface area (Å²) in [6.45, 7) is 6.29. The van der Waals surface area contributed by atoms with Crippen LogP contribution in [0.15, 0.2) is 0 Å². The quantitative estimate of drug-likeness (QED) is 0.630. The van der Waals surface area contributed by atoms with Crippen molar-refractivity contribution in [1.82, 2.24) is 15.5 Å². The molecule has 2 aliphatic rings. The van der Waals surface area contributed by atoms with E-state index < -0.39 is 5.54 Å². The summed E-state index contributed by atoms with van der Waals surface area (Å²) in [5.74, 6) is 0.0518. The van der Waals surface area contributed by atoms with Crippen LogP contribution < -0.4 is 10.6 Å². The molecule has 4 nitrogen and oxygen atoms in total. The van der Waals surface area contributed by atoms with Gasteiger partial charge in [0, 0.05) is 19.1 Å². The Bertz CT molecular complexity index is 295. The van der Waals surface area contributed by atoms with E-state index in [1.54, 1.807) is 0 Å². The molecule has 1 spiro atoms. The van der Waals surface area contributed by atoms with Gasteiger partial charge in [-0.3, -0.25) is 4.79 Å². The molecule has 15 heavy (non-hydrogen) atoms. The van der Waals surface area contributed by atoms with Crippen molar-refractivity contribution in [1.29, 1.82) is 0 Å². The Morgan fingerprint density at radius 1 is 1.40 bits per heavy atom. The zero-order chi connectivity index (χ0) is 11.1. The van der Waals surface area contributed by atoms with Crippen LogP contribution in [0, 0.1) is 0 Å². The molecule has 84 valence electrons. The standard InChI is InChI=1S/C10H17N3OS/c1-7(2)13-5-3-10(4-6-13)8(14)11-9(15)12-10/h7H,3-6H2,1-2H3,(H2,11,12,14,15). The Morgan fingerprint density at radius 3 is 2.40 bits per heavy atom. The summed E-state index contributed by atoms with van der Waals surface area (Å²) in [5, 5.41) is 6.29. The molecule has 2 N–H and O–H groups in total. The Labute approximate surface area is 95.4 Å². The van der Waals surface area contributed by atoms with E-state index in [0.29, 0.717) is 11.2 Å². The summed E-state index contributed by atoms with van der Waals surface area (Å²) in [4.78, 5) is 14.1. The predicted molar refractivity (Wildman–Crippen MR) is 62.6 cm³/mol. The summed E-state index contributed by atoms with van der Waals surface area (Å²) >= 11 is 4.97. The number of amides is 1. The van der Waals surface area contributed by atoms with Gasteiger partial charge in [0.15, 0.2) is 5.11 Å². The first-order chi connectivity index (χ1) is 7.03. The summed E-state index contributed by atoms with van der Waals surface area (Å²) in [7, 11) is 0. The van der Waals surface area contributed by atoms with Crippen molar-refractivity contribution < 1.29 is 4.79 Å². The second-order valence-electron chi connectivity index (χ2n) is 4.62. The van der Waals surface area contributed by atoms with Crippen LogP contribution in [-0.4, -0.2) is 40.6 Å². The number of hydrogen-bond donors (Lipinski definition) is 2. The van der Waals surface area contributed by atoms with E-state index in [0.717, 1.165) is 25.9 Å². The molecule has 0 radical (unpaired) electrons. The van der Waals surface area contributed by atoms with Crippen molar-refractivity contribution in [2.24, 2.45) is 0 Å². The maximum atomic E-state index is 11.8. The van der Waals surface area contributed by atoms with E-state index in [9.17, 15) is 4.79 Å². The van der Waals surface area contributed by atoms with E-state index in [1.165, 1.54) is 0 Å². The molecular formula is C10H17N3OS. The normalized spacial score (nSPS) is 25.8. The van der Waals surface area contributed by atoms with E-state index in [1.807, 2.05) is 0 Å². The van der Waals surface area contributed by atoms with Gasteiger partial charge in [-0.1, -0.05) is 0 Å². The topological polar surface area (TPSA) is 44.4 Å². The third-order valence-corrected chi connectivity index (χ3v) is 3.60. The highest BCUT2D eigenvalue weighted by atomic mass is 32.1. The molecule has 0 atom stereocenters. The Kier molecular flexibility index (Phi) is 2.68. The number of piperidine rings is 1. The van der Waals surface area contributed by atoms with Gasteiger partial charge >= 0.3 is 0 Å². The molecule has 2 saturated heterocycles. The zero-order valence-electron chi connectivity index (χ0n) is 9.17. The van der Waals surface area contributed by atoms with Gasteiger partial charge in [0.05, 0.1) is 0 Å². The molecule has 0 saturated carbocycles. The van der Waals surface area contributed by atoms with Crippen LogP contribution in [-0.2, 0) is 4.79 Å². The molecular weight excluding hydrogens is 210 g/mol. The van der Waals surface area contributed by atoms with Crippen molar-refractivity contribution in [3.8, 4) is 0 Å². The van der Waals surface area contributed by atoms with Gasteiger partial charge in [0.1, 0.15) is 5.54 Å². The summed E-state index contributed by atoms with van der Waals surface area (Å²) in [6, 6.07) is 0.554. The number of carbonyl (C=O) groups excluding carboxylic acids is 1. The maximum Gasteiger partial charge on any atom is 0.251 e. The van der Waals surface area contributed by atoms with Crippen molar-refractivity contribution in [2.75, 3.05) is 13.1 Å². The first-order valence-electron chi connectivity index (χ1n) is 5.41. The number of likely N-dealkylation sites (tertiary alicyclic amines) is 1. The van der Waals surface area contributed by atoms with Gasteiger partial charge in [0.25, 0.3) is 5.91 Å². The minimum Gasteiger partial charge on any atom is -0.348 e. The minimum atomic E-state index is -0.414. The second kappa shape index (κ2) is 3.72. The molecule has 0 aromatic rings. The number of nitrogens with zero attached hydrogens (tertiary/aromatic N) is 1. The molecule has 2 rings (SSSR count). The predicted octanol–water partition coefficient (Wildman–Crippen LogP) is 0.234. The van der Waals surface area contributed by atoms with Gasteiger partial charge < -0.3 is 15.5 Å². The smallest absolute Gasteiger partial charge is 0.251 e. The molecule has 1 amide bonds. The summed E-state index contributed by atoms with van der Waals surface area (Å²) in [5.41, 5.74) is -0.414. The SMILES string of the molecule is CC(C)N1CCC2(CC1)NC(=S)NC2=O. The largest absolute Gasteiger partial charge is 0.348 e. The van der Waals surface area contributed by atoms with Crippen molar-refractivity contribution in [3.05, 3.63) is 0 Å². The molecule has 5 heteroatoms. The summed E-state index contributed by atoms with van der Waals surface area (Å²) in [6.07, 6.45) is 1.69. The number of nitrogens with one attached hydrogen (secondary N) is 2. The summed E-state index contributed by atoms with van der Waals surface area (Å²) < 4.78 is 0. The van der Waals surface area contributed by atoms with E-state index in [2.05, 4.69) is 29.4 Å². The van der Waals surface area contributed by atoms with Crippen molar-refractivity contribution >= 4 is 23.2 Å². The van der Waals surface area contributed by atoms with Crippen LogP contribution in [0.1, 0.15) is 26.7 Å². The van der Waals surface area contributed by atoms with Crippen molar-refractivity contribution in [2.45, 2.75) is 38.3 Å². The molecule has 0 aromatic heterocycles. The lowest BCUT2D eigenvalue weighted by atomic mass is 9.87. The third kappa shape index (κ3) is 1.86. The van der Waals surface area contributed by atoms with E-state index in [4.69, 9.17) is 12.2 Å².